The summed E-state index contributed by atoms with van der Waals surface area (Å²) in [6.45, 7) is 4.32. The van der Waals surface area contributed by atoms with Crippen LogP contribution in [0.2, 0.25) is 0 Å². The Morgan fingerprint density at radius 3 is 2.71 bits per heavy atom. The van der Waals surface area contributed by atoms with Crippen molar-refractivity contribution in [3.8, 4) is 16.9 Å². The molecule has 174 valence electrons. The van der Waals surface area contributed by atoms with E-state index in [2.05, 4.69) is 27.1 Å². The fourth-order valence-electron chi connectivity index (χ4n) is 4.95. The normalized spacial score (nSPS) is 15.1. The maximum Gasteiger partial charge on any atom is 0.254 e. The summed E-state index contributed by atoms with van der Waals surface area (Å²) in [7, 11) is 3.98. The van der Waals surface area contributed by atoms with Gasteiger partial charge >= 0.3 is 0 Å². The summed E-state index contributed by atoms with van der Waals surface area (Å²) in [5, 5.41) is 8.25. The zero-order chi connectivity index (χ0) is 23.7. The van der Waals surface area contributed by atoms with Crippen LogP contribution in [0.5, 0.6) is 5.75 Å². The zero-order valence-corrected chi connectivity index (χ0v) is 19.7. The van der Waals surface area contributed by atoms with Crippen molar-refractivity contribution < 1.29 is 9.53 Å². The van der Waals surface area contributed by atoms with E-state index in [0.29, 0.717) is 23.8 Å². The number of H-pyrrole nitrogens is 1. The third-order valence-corrected chi connectivity index (χ3v) is 6.59. The molecule has 0 unspecified atom stereocenters. The van der Waals surface area contributed by atoms with Crippen LogP contribution in [0.3, 0.4) is 0 Å². The van der Waals surface area contributed by atoms with Gasteiger partial charge in [-0.2, -0.15) is 5.10 Å². The molecule has 0 bridgehead atoms. The molecule has 0 saturated carbocycles. The summed E-state index contributed by atoms with van der Waals surface area (Å²) in [4.78, 5) is 22.3. The summed E-state index contributed by atoms with van der Waals surface area (Å²) in [6.07, 6.45) is 5.43. The van der Waals surface area contributed by atoms with Gasteiger partial charge in [-0.25, -0.2) is 0 Å². The quantitative estimate of drug-likeness (QED) is 0.447. The molecule has 5 rings (SSSR count). The standard InChI is InChI=1S/C27H29N5O2/c1-4-34-24-12-19(10-11-22(24)18-8-6-5-7-9-18)27(33)32(3)26(21-16-31(2)17-21)23-15-28-13-20-14-29-30-25(20)23/h5-15,21,26H,4,16-17H2,1-3H3,(H,29,30)/t26-/m1/s1. The van der Waals surface area contributed by atoms with Crippen molar-refractivity contribution in [2.24, 2.45) is 5.92 Å². The minimum Gasteiger partial charge on any atom is -0.493 e. The van der Waals surface area contributed by atoms with Crippen LogP contribution in [0.1, 0.15) is 28.9 Å². The number of carbonyl (C=O) groups is 1. The van der Waals surface area contributed by atoms with E-state index in [1.54, 1.807) is 12.4 Å². The number of rotatable bonds is 7. The predicted octanol–water partition coefficient (Wildman–Crippen LogP) is 4.40. The third-order valence-electron chi connectivity index (χ3n) is 6.59. The minimum atomic E-state index is -0.121. The average Bonchev–Trinajstić information content (AvgIpc) is 3.33. The van der Waals surface area contributed by atoms with Crippen LogP contribution in [0.25, 0.3) is 22.0 Å². The summed E-state index contributed by atoms with van der Waals surface area (Å²) in [5.74, 6) is 0.978. The SMILES string of the molecule is CCOc1cc(C(=O)N(C)[C@@H](c2cncc3cn[nH]c23)C2CN(C)C2)ccc1-c1ccccc1. The number of hydrogen-bond acceptors (Lipinski definition) is 5. The van der Waals surface area contributed by atoms with E-state index in [-0.39, 0.29) is 11.9 Å². The lowest BCUT2D eigenvalue weighted by atomic mass is 9.86. The molecule has 3 heterocycles. The van der Waals surface area contributed by atoms with Crippen LogP contribution in [0, 0.1) is 5.92 Å². The van der Waals surface area contributed by atoms with Crippen LogP contribution >= 0.6 is 0 Å². The number of pyridine rings is 1. The van der Waals surface area contributed by atoms with E-state index in [1.165, 1.54) is 0 Å². The number of hydrogen-bond donors (Lipinski definition) is 1. The first-order valence-corrected chi connectivity index (χ1v) is 11.6. The van der Waals surface area contributed by atoms with Crippen molar-refractivity contribution in [2.45, 2.75) is 13.0 Å². The Balaban J connectivity index is 1.51. The molecule has 0 radical (unpaired) electrons. The van der Waals surface area contributed by atoms with Crippen molar-refractivity contribution >= 4 is 16.8 Å². The molecule has 1 fully saturated rings. The summed E-state index contributed by atoms with van der Waals surface area (Å²) >= 11 is 0. The van der Waals surface area contributed by atoms with E-state index in [9.17, 15) is 4.79 Å². The molecule has 1 aliphatic rings. The third kappa shape index (κ3) is 4.03. The highest BCUT2D eigenvalue weighted by Gasteiger charge is 2.38. The number of fused-ring (bicyclic) bond motifs is 1. The Kier molecular flexibility index (Phi) is 6.02. The fourth-order valence-corrected chi connectivity index (χ4v) is 4.95. The summed E-state index contributed by atoms with van der Waals surface area (Å²) in [5.41, 5.74) is 4.57. The lowest BCUT2D eigenvalue weighted by Crippen LogP contribution is -2.51. The first kappa shape index (κ1) is 22.1. The second kappa shape index (κ2) is 9.27. The van der Waals surface area contributed by atoms with E-state index in [1.807, 2.05) is 73.6 Å². The van der Waals surface area contributed by atoms with Gasteiger partial charge in [-0.05, 0) is 37.7 Å². The number of aromatic amines is 1. The number of aromatic nitrogens is 3. The Hall–Kier alpha value is -3.71. The smallest absolute Gasteiger partial charge is 0.254 e. The molecular formula is C27H29N5O2. The Bertz CT molecular complexity index is 1300. The number of carbonyl (C=O) groups excluding carboxylic acids is 1. The van der Waals surface area contributed by atoms with E-state index < -0.39 is 0 Å². The molecule has 4 aromatic rings. The topological polar surface area (TPSA) is 74.3 Å². The fraction of sp³-hybridized carbons (Fsp3) is 0.296. The highest BCUT2D eigenvalue weighted by Crippen LogP contribution is 2.38. The van der Waals surface area contributed by atoms with E-state index >= 15 is 0 Å². The Labute approximate surface area is 199 Å². The molecule has 7 heteroatoms. The number of amides is 1. The molecule has 2 aromatic heterocycles. The van der Waals surface area contributed by atoms with Gasteiger partial charge in [0.15, 0.2) is 0 Å². The average molecular weight is 456 g/mol. The Morgan fingerprint density at radius 1 is 1.18 bits per heavy atom. The molecule has 1 saturated heterocycles. The first-order chi connectivity index (χ1) is 16.6. The maximum atomic E-state index is 13.8. The van der Waals surface area contributed by atoms with E-state index in [4.69, 9.17) is 4.74 Å². The second-order valence-electron chi connectivity index (χ2n) is 8.92. The predicted molar refractivity (Wildman–Crippen MR) is 133 cm³/mol. The molecule has 2 aromatic carbocycles. The van der Waals surface area contributed by atoms with Crippen LogP contribution in [-0.4, -0.2) is 64.7 Å². The molecular weight excluding hydrogens is 426 g/mol. The van der Waals surface area contributed by atoms with Gasteiger partial charge < -0.3 is 14.5 Å². The van der Waals surface area contributed by atoms with Crippen molar-refractivity contribution in [2.75, 3.05) is 33.8 Å². The molecule has 1 atom stereocenters. The van der Waals surface area contributed by atoms with Gasteiger partial charge in [0.05, 0.1) is 24.4 Å². The van der Waals surface area contributed by atoms with Crippen LogP contribution < -0.4 is 4.74 Å². The van der Waals surface area contributed by atoms with Gasteiger partial charge in [-0.15, -0.1) is 0 Å². The maximum absolute atomic E-state index is 13.8. The van der Waals surface area contributed by atoms with Crippen LogP contribution in [-0.2, 0) is 0 Å². The van der Waals surface area contributed by atoms with Gasteiger partial charge in [-0.3, -0.25) is 14.9 Å². The highest BCUT2D eigenvalue weighted by molar-refractivity contribution is 5.96. The van der Waals surface area contributed by atoms with Gasteiger partial charge in [0.2, 0.25) is 0 Å². The molecule has 0 aliphatic carbocycles. The van der Waals surface area contributed by atoms with Crippen molar-refractivity contribution in [1.82, 2.24) is 25.0 Å². The lowest BCUT2D eigenvalue weighted by molar-refractivity contribution is 0.0373. The van der Waals surface area contributed by atoms with Crippen molar-refractivity contribution in [1.29, 1.82) is 0 Å². The van der Waals surface area contributed by atoms with E-state index in [0.717, 1.165) is 40.7 Å². The molecule has 1 N–H and O–H groups in total. The number of benzene rings is 2. The molecule has 0 spiro atoms. The number of nitrogens with one attached hydrogen (secondary N) is 1. The summed E-state index contributed by atoms with van der Waals surface area (Å²) < 4.78 is 5.95. The zero-order valence-electron chi connectivity index (χ0n) is 19.7. The number of ether oxygens (including phenoxy) is 1. The Morgan fingerprint density at radius 2 is 1.97 bits per heavy atom. The minimum absolute atomic E-state index is 0.0448. The van der Waals surface area contributed by atoms with Crippen molar-refractivity contribution in [3.05, 3.63) is 78.2 Å². The van der Waals surface area contributed by atoms with Gasteiger partial charge in [0.1, 0.15) is 5.75 Å². The largest absolute Gasteiger partial charge is 0.493 e. The number of nitrogens with zero attached hydrogens (tertiary/aromatic N) is 4. The summed E-state index contributed by atoms with van der Waals surface area (Å²) in [6, 6.07) is 15.7. The molecule has 34 heavy (non-hydrogen) atoms. The second-order valence-corrected chi connectivity index (χ2v) is 8.92. The van der Waals surface area contributed by atoms with Gasteiger partial charge in [0, 0.05) is 60.5 Å². The van der Waals surface area contributed by atoms with Crippen LogP contribution in [0.4, 0.5) is 0 Å². The number of likely N-dealkylation sites (tertiary alicyclic amines) is 1. The molecule has 7 nitrogen and oxygen atoms in total. The molecule has 1 aliphatic heterocycles. The monoisotopic (exact) mass is 455 g/mol. The first-order valence-electron chi connectivity index (χ1n) is 11.6. The van der Waals surface area contributed by atoms with Crippen molar-refractivity contribution in [3.63, 3.8) is 0 Å². The van der Waals surface area contributed by atoms with Gasteiger partial charge in [-0.1, -0.05) is 30.3 Å². The highest BCUT2D eigenvalue weighted by atomic mass is 16.5. The van der Waals surface area contributed by atoms with Crippen LogP contribution in [0.15, 0.2) is 67.1 Å². The van der Waals surface area contributed by atoms with Gasteiger partial charge in [0.25, 0.3) is 5.91 Å². The molecule has 1 amide bonds. The lowest BCUT2D eigenvalue weighted by Gasteiger charge is -2.44.